The SMILES string of the molecule is CC1CN(S(=O)(=O)c2ccc(-c3ccc(CN4CCOCC4)cc3)nc2)CC(=O)N1c1cc(-c2ccccc2)sc1C(=O)O. The van der Waals surface area contributed by atoms with Crippen molar-refractivity contribution < 1.29 is 27.9 Å². The van der Waals surface area contributed by atoms with Gasteiger partial charge in [-0.3, -0.25) is 14.7 Å². The number of aromatic nitrogens is 1. The van der Waals surface area contributed by atoms with Crippen LogP contribution in [0.2, 0.25) is 0 Å². The fraction of sp³-hybridized carbons (Fsp3) is 0.281. The van der Waals surface area contributed by atoms with Gasteiger partial charge in [0.05, 0.1) is 31.1 Å². The van der Waals surface area contributed by atoms with Crippen molar-refractivity contribution in [3.05, 3.63) is 89.4 Å². The molecule has 0 saturated carbocycles. The molecule has 12 heteroatoms. The summed E-state index contributed by atoms with van der Waals surface area (Å²) in [6.07, 6.45) is 1.32. The molecule has 2 aliphatic heterocycles. The Bertz CT molecular complexity index is 1750. The van der Waals surface area contributed by atoms with E-state index in [1.807, 2.05) is 42.5 Å². The molecule has 1 unspecified atom stereocenters. The van der Waals surface area contributed by atoms with Gasteiger partial charge in [0.25, 0.3) is 0 Å². The maximum atomic E-state index is 13.6. The van der Waals surface area contributed by atoms with Crippen molar-refractivity contribution in [1.29, 1.82) is 0 Å². The highest BCUT2D eigenvalue weighted by molar-refractivity contribution is 7.89. The van der Waals surface area contributed by atoms with Crippen molar-refractivity contribution in [2.24, 2.45) is 0 Å². The van der Waals surface area contributed by atoms with E-state index in [0.29, 0.717) is 10.6 Å². The van der Waals surface area contributed by atoms with Crippen LogP contribution in [0.4, 0.5) is 5.69 Å². The molecule has 6 rings (SSSR count). The number of pyridine rings is 1. The van der Waals surface area contributed by atoms with Crippen molar-refractivity contribution in [3.63, 3.8) is 0 Å². The topological polar surface area (TPSA) is 120 Å². The van der Waals surface area contributed by atoms with Crippen molar-refractivity contribution in [2.45, 2.75) is 24.4 Å². The molecule has 4 aromatic rings. The van der Waals surface area contributed by atoms with E-state index in [0.717, 1.165) is 59.6 Å². The van der Waals surface area contributed by atoms with E-state index in [1.54, 1.807) is 19.1 Å². The molecule has 44 heavy (non-hydrogen) atoms. The maximum absolute atomic E-state index is 13.6. The van der Waals surface area contributed by atoms with Crippen molar-refractivity contribution >= 4 is 38.9 Å². The number of rotatable bonds is 8. The number of nitrogens with zero attached hydrogens (tertiary/aromatic N) is 4. The van der Waals surface area contributed by atoms with E-state index in [1.165, 1.54) is 22.7 Å². The van der Waals surface area contributed by atoms with Gasteiger partial charge in [-0.1, -0.05) is 54.6 Å². The standard InChI is InChI=1S/C32H32N4O6S2/c1-22-19-35(21-30(37)36(22)28-17-29(43-31(28)32(38)39)25-5-3-2-4-6-25)44(40,41)26-11-12-27(33-18-26)24-9-7-23(8-10-24)20-34-13-15-42-16-14-34/h2-12,17-18,22H,13-16,19-21H2,1H3,(H,38,39). The van der Waals surface area contributed by atoms with Crippen molar-refractivity contribution in [1.82, 2.24) is 14.2 Å². The third-order valence-electron chi connectivity index (χ3n) is 7.85. The minimum Gasteiger partial charge on any atom is -0.477 e. The van der Waals surface area contributed by atoms with Crippen LogP contribution in [-0.2, 0) is 26.1 Å². The summed E-state index contributed by atoms with van der Waals surface area (Å²) in [7, 11) is -4.03. The lowest BCUT2D eigenvalue weighted by Crippen LogP contribution is -2.57. The molecule has 0 aliphatic carbocycles. The molecular weight excluding hydrogens is 601 g/mol. The first-order valence-corrected chi connectivity index (χ1v) is 16.6. The highest BCUT2D eigenvalue weighted by Crippen LogP contribution is 2.39. The first-order valence-electron chi connectivity index (χ1n) is 14.3. The summed E-state index contributed by atoms with van der Waals surface area (Å²) in [6.45, 7) is 5.47. The molecular formula is C32H32N4O6S2. The number of morpholine rings is 1. The highest BCUT2D eigenvalue weighted by atomic mass is 32.2. The minimum atomic E-state index is -4.03. The Kier molecular flexibility index (Phi) is 8.61. The summed E-state index contributed by atoms with van der Waals surface area (Å²) in [5.41, 5.74) is 3.81. The number of benzene rings is 2. The maximum Gasteiger partial charge on any atom is 0.348 e. The van der Waals surface area contributed by atoms with Crippen LogP contribution in [0.1, 0.15) is 22.2 Å². The van der Waals surface area contributed by atoms with Gasteiger partial charge in [0, 0.05) is 48.9 Å². The van der Waals surface area contributed by atoms with Crippen LogP contribution in [0, 0.1) is 0 Å². The lowest BCUT2D eigenvalue weighted by molar-refractivity contribution is -0.120. The van der Waals surface area contributed by atoms with E-state index in [4.69, 9.17) is 4.74 Å². The second-order valence-electron chi connectivity index (χ2n) is 10.9. The smallest absolute Gasteiger partial charge is 0.348 e. The van der Waals surface area contributed by atoms with Gasteiger partial charge < -0.3 is 14.7 Å². The zero-order chi connectivity index (χ0) is 30.8. The van der Waals surface area contributed by atoms with Gasteiger partial charge in [-0.2, -0.15) is 4.31 Å². The fourth-order valence-electron chi connectivity index (χ4n) is 5.58. The molecule has 1 N–H and O–H groups in total. The zero-order valence-corrected chi connectivity index (χ0v) is 25.8. The Morgan fingerprint density at radius 2 is 1.75 bits per heavy atom. The van der Waals surface area contributed by atoms with Crippen molar-refractivity contribution in [2.75, 3.05) is 44.3 Å². The van der Waals surface area contributed by atoms with E-state index in [2.05, 4.69) is 22.0 Å². The van der Waals surface area contributed by atoms with E-state index < -0.39 is 34.5 Å². The third-order valence-corrected chi connectivity index (χ3v) is 10.8. The number of carboxylic acids is 1. The van der Waals surface area contributed by atoms with Gasteiger partial charge >= 0.3 is 5.97 Å². The number of anilines is 1. The first kappa shape index (κ1) is 30.1. The number of amides is 1. The molecule has 1 amide bonds. The number of piperazine rings is 1. The molecule has 2 aromatic carbocycles. The predicted octanol–water partition coefficient (Wildman–Crippen LogP) is 4.43. The largest absolute Gasteiger partial charge is 0.477 e. The summed E-state index contributed by atoms with van der Waals surface area (Å²) < 4.78 is 33.7. The number of carbonyl (C=O) groups excluding carboxylic acids is 1. The van der Waals surface area contributed by atoms with E-state index >= 15 is 0 Å². The van der Waals surface area contributed by atoms with Gasteiger partial charge in [-0.15, -0.1) is 11.3 Å². The molecule has 2 saturated heterocycles. The van der Waals surface area contributed by atoms with Crippen LogP contribution in [-0.4, -0.2) is 85.0 Å². The van der Waals surface area contributed by atoms with Gasteiger partial charge in [0.15, 0.2) is 0 Å². The predicted molar refractivity (Wildman–Crippen MR) is 168 cm³/mol. The lowest BCUT2D eigenvalue weighted by atomic mass is 10.1. The average molecular weight is 633 g/mol. The van der Waals surface area contributed by atoms with Crippen LogP contribution < -0.4 is 4.90 Å². The Balaban J connectivity index is 1.16. The molecule has 1 atom stereocenters. The number of thiophene rings is 1. The number of aromatic carboxylic acids is 1. The number of carboxylic acid groups (broad SMARTS) is 1. The molecule has 2 fully saturated rings. The molecule has 228 valence electrons. The van der Waals surface area contributed by atoms with Crippen LogP contribution >= 0.6 is 11.3 Å². The minimum absolute atomic E-state index is 0.00763. The fourth-order valence-corrected chi connectivity index (χ4v) is 7.99. The summed E-state index contributed by atoms with van der Waals surface area (Å²) in [4.78, 5) is 34.4. The van der Waals surface area contributed by atoms with E-state index in [9.17, 15) is 23.1 Å². The van der Waals surface area contributed by atoms with Gasteiger partial charge in [0.2, 0.25) is 15.9 Å². The highest BCUT2D eigenvalue weighted by Gasteiger charge is 2.39. The molecule has 0 bridgehead atoms. The molecule has 0 radical (unpaired) electrons. The molecule has 2 aliphatic rings. The van der Waals surface area contributed by atoms with E-state index in [-0.39, 0.29) is 22.0 Å². The quantitative estimate of drug-likeness (QED) is 0.303. The summed E-state index contributed by atoms with van der Waals surface area (Å²) >= 11 is 1.09. The second kappa shape index (κ2) is 12.6. The molecule has 4 heterocycles. The summed E-state index contributed by atoms with van der Waals surface area (Å²) in [6, 6.07) is 21.7. The Morgan fingerprint density at radius 3 is 2.39 bits per heavy atom. The number of sulfonamides is 1. The second-order valence-corrected chi connectivity index (χ2v) is 13.9. The monoisotopic (exact) mass is 632 g/mol. The van der Waals surface area contributed by atoms with Gasteiger partial charge in [0.1, 0.15) is 9.77 Å². The molecule has 10 nitrogen and oxygen atoms in total. The van der Waals surface area contributed by atoms with Crippen LogP contribution in [0.15, 0.2) is 83.9 Å². The van der Waals surface area contributed by atoms with Crippen LogP contribution in [0.3, 0.4) is 0 Å². The number of carbonyl (C=O) groups is 2. The Labute approximate surface area is 260 Å². The first-order chi connectivity index (χ1) is 21.2. The number of ether oxygens (including phenoxy) is 1. The lowest BCUT2D eigenvalue weighted by Gasteiger charge is -2.38. The van der Waals surface area contributed by atoms with Crippen molar-refractivity contribution in [3.8, 4) is 21.7 Å². The van der Waals surface area contributed by atoms with Gasteiger partial charge in [-0.25, -0.2) is 13.2 Å². The average Bonchev–Trinajstić information content (AvgIpc) is 3.47. The van der Waals surface area contributed by atoms with Crippen LogP contribution in [0.25, 0.3) is 21.7 Å². The Morgan fingerprint density at radius 1 is 1.02 bits per heavy atom. The third kappa shape index (κ3) is 6.17. The summed E-state index contributed by atoms with van der Waals surface area (Å²) in [5, 5.41) is 9.90. The number of hydrogen-bond acceptors (Lipinski definition) is 8. The summed E-state index contributed by atoms with van der Waals surface area (Å²) in [5.74, 6) is -1.63. The normalized spacial score (nSPS) is 18.4. The molecule has 0 spiro atoms. The van der Waals surface area contributed by atoms with Gasteiger partial charge in [-0.05, 0) is 36.2 Å². The van der Waals surface area contributed by atoms with Crippen LogP contribution in [0.5, 0.6) is 0 Å². The number of hydrogen-bond donors (Lipinski definition) is 1. The Hall–Kier alpha value is -3.94. The molecule has 2 aromatic heterocycles. The zero-order valence-electron chi connectivity index (χ0n) is 24.1.